The molecule has 2 nitrogen and oxygen atoms in total. The lowest BCUT2D eigenvalue weighted by Crippen LogP contribution is -2.10. The maximum Gasteiger partial charge on any atom is 0.0541 e. The third-order valence-corrected chi connectivity index (χ3v) is 12.8. The lowest BCUT2D eigenvalue weighted by atomic mass is 9.97. The molecular formula is C62H42N2. The number of nitrogens with zero attached hydrogens (tertiary/aromatic N) is 2. The summed E-state index contributed by atoms with van der Waals surface area (Å²) in [4.78, 5) is 2.37. The van der Waals surface area contributed by atoms with E-state index >= 15 is 0 Å². The van der Waals surface area contributed by atoms with Gasteiger partial charge in [0.1, 0.15) is 0 Å². The van der Waals surface area contributed by atoms with E-state index in [9.17, 15) is 0 Å². The Bertz CT molecular complexity index is 3620. The minimum Gasteiger partial charge on any atom is -0.310 e. The quantitative estimate of drug-likeness (QED) is 0.148. The first-order valence-electron chi connectivity index (χ1n) is 22.0. The van der Waals surface area contributed by atoms with Gasteiger partial charge >= 0.3 is 0 Å². The predicted molar refractivity (Wildman–Crippen MR) is 272 cm³/mol. The normalized spacial score (nSPS) is 11.4. The molecule has 300 valence electrons. The van der Waals surface area contributed by atoms with Crippen molar-refractivity contribution in [2.75, 3.05) is 4.90 Å². The highest BCUT2D eigenvalue weighted by atomic mass is 15.1. The third-order valence-electron chi connectivity index (χ3n) is 12.8. The zero-order valence-corrected chi connectivity index (χ0v) is 35.1. The van der Waals surface area contributed by atoms with E-state index in [1.807, 2.05) is 0 Å². The van der Waals surface area contributed by atoms with Crippen LogP contribution >= 0.6 is 0 Å². The van der Waals surface area contributed by atoms with Gasteiger partial charge in [0.25, 0.3) is 0 Å². The number of fused-ring (bicyclic) bond motifs is 5. The molecule has 0 aliphatic heterocycles. The minimum absolute atomic E-state index is 1.09. The summed E-state index contributed by atoms with van der Waals surface area (Å²) >= 11 is 0. The van der Waals surface area contributed by atoms with Crippen LogP contribution in [0.5, 0.6) is 0 Å². The summed E-state index contributed by atoms with van der Waals surface area (Å²) in [5.41, 5.74) is 16.3. The van der Waals surface area contributed by atoms with Crippen LogP contribution in [0.1, 0.15) is 0 Å². The third kappa shape index (κ3) is 6.70. The Hall–Kier alpha value is -8.46. The van der Waals surface area contributed by atoms with Crippen LogP contribution in [-0.4, -0.2) is 4.57 Å². The van der Waals surface area contributed by atoms with Crippen molar-refractivity contribution >= 4 is 60.4 Å². The van der Waals surface area contributed by atoms with E-state index < -0.39 is 0 Å². The van der Waals surface area contributed by atoms with Gasteiger partial charge in [-0.25, -0.2) is 0 Å². The van der Waals surface area contributed by atoms with Gasteiger partial charge in [0.15, 0.2) is 0 Å². The maximum absolute atomic E-state index is 2.42. The summed E-state index contributed by atoms with van der Waals surface area (Å²) in [5.74, 6) is 0. The molecular weight excluding hydrogens is 773 g/mol. The van der Waals surface area contributed by atoms with Gasteiger partial charge in [-0.15, -0.1) is 0 Å². The van der Waals surface area contributed by atoms with Crippen molar-refractivity contribution in [1.29, 1.82) is 0 Å². The summed E-state index contributed by atoms with van der Waals surface area (Å²) in [6.07, 6.45) is 0. The topological polar surface area (TPSA) is 8.17 Å². The predicted octanol–water partition coefficient (Wildman–Crippen LogP) is 17.2. The van der Waals surface area contributed by atoms with E-state index in [1.165, 1.54) is 88.0 Å². The maximum atomic E-state index is 2.42. The molecule has 0 atom stereocenters. The highest BCUT2D eigenvalue weighted by Crippen LogP contribution is 2.41. The molecule has 1 aromatic heterocycles. The van der Waals surface area contributed by atoms with Crippen LogP contribution in [0, 0.1) is 0 Å². The number of rotatable bonds is 8. The number of hydrogen-bond donors (Lipinski definition) is 0. The average molecular weight is 815 g/mol. The van der Waals surface area contributed by atoms with E-state index in [0.29, 0.717) is 0 Å². The van der Waals surface area contributed by atoms with Crippen LogP contribution in [0.3, 0.4) is 0 Å². The summed E-state index contributed by atoms with van der Waals surface area (Å²) in [5, 5.41) is 7.50. The number of aromatic nitrogens is 1. The van der Waals surface area contributed by atoms with E-state index in [2.05, 4.69) is 264 Å². The van der Waals surface area contributed by atoms with E-state index in [4.69, 9.17) is 0 Å². The molecule has 0 bridgehead atoms. The number of benzene rings is 11. The Morgan fingerprint density at radius 1 is 0.250 bits per heavy atom. The van der Waals surface area contributed by atoms with Gasteiger partial charge in [-0.1, -0.05) is 182 Å². The van der Waals surface area contributed by atoms with Crippen LogP contribution in [-0.2, 0) is 0 Å². The highest BCUT2D eigenvalue weighted by molar-refractivity contribution is 6.09. The summed E-state index contributed by atoms with van der Waals surface area (Å²) < 4.78 is 2.42. The fourth-order valence-corrected chi connectivity index (χ4v) is 9.58. The SMILES string of the molecule is c1cc(-c2ccc(N(c3ccc(-c4ccc5ccccc5c4)cc3)c3cccc(-c4ccc5ccccc5c4)c3)cc2)cc(-c2ccccc2-n2c3ccccc3c3ccccc32)c1. The first kappa shape index (κ1) is 37.3. The molecule has 0 saturated carbocycles. The van der Waals surface area contributed by atoms with Gasteiger partial charge in [-0.3, -0.25) is 0 Å². The highest BCUT2D eigenvalue weighted by Gasteiger charge is 2.17. The van der Waals surface area contributed by atoms with Crippen LogP contribution in [0.25, 0.3) is 93.5 Å². The lowest BCUT2D eigenvalue weighted by molar-refractivity contribution is 1.18. The standard InChI is InChI=1S/C62H42N2/c1-3-15-47-39-51(29-27-43(47)13-1)46-33-37-55(38-34-46)63(56-20-12-18-50(42-56)52-30-28-44-14-2-4-16-48(44)40-52)54-35-31-45(32-36-54)49-17-11-19-53(41-49)57-21-5-8-24-60(57)64-61-25-9-6-22-58(61)59-23-7-10-26-62(59)64/h1-42H. The van der Waals surface area contributed by atoms with Gasteiger partial charge < -0.3 is 9.47 Å². The van der Waals surface area contributed by atoms with Gasteiger partial charge in [0.2, 0.25) is 0 Å². The molecule has 11 aromatic carbocycles. The van der Waals surface area contributed by atoms with Crippen LogP contribution in [0.2, 0.25) is 0 Å². The van der Waals surface area contributed by atoms with Crippen molar-refractivity contribution in [3.05, 3.63) is 255 Å². The molecule has 0 aliphatic carbocycles. The molecule has 0 spiro atoms. The van der Waals surface area contributed by atoms with Gasteiger partial charge in [-0.05, 0) is 133 Å². The van der Waals surface area contributed by atoms with Crippen LogP contribution in [0.4, 0.5) is 17.1 Å². The van der Waals surface area contributed by atoms with Crippen molar-refractivity contribution in [1.82, 2.24) is 4.57 Å². The average Bonchev–Trinajstić information content (AvgIpc) is 3.71. The molecule has 12 rings (SSSR count). The van der Waals surface area contributed by atoms with Crippen LogP contribution < -0.4 is 4.90 Å². The number of anilines is 3. The van der Waals surface area contributed by atoms with Crippen molar-refractivity contribution in [2.24, 2.45) is 0 Å². The number of hydrogen-bond acceptors (Lipinski definition) is 1. The lowest BCUT2D eigenvalue weighted by Gasteiger charge is -2.26. The minimum atomic E-state index is 1.09. The van der Waals surface area contributed by atoms with Gasteiger partial charge in [-0.2, -0.15) is 0 Å². The molecule has 1 heterocycles. The Balaban J connectivity index is 0.923. The van der Waals surface area contributed by atoms with E-state index in [1.54, 1.807) is 0 Å². The van der Waals surface area contributed by atoms with Crippen molar-refractivity contribution in [2.45, 2.75) is 0 Å². The molecule has 2 heteroatoms. The molecule has 0 saturated heterocycles. The second-order valence-corrected chi connectivity index (χ2v) is 16.6. The molecule has 12 aromatic rings. The summed E-state index contributed by atoms with van der Waals surface area (Å²) in [6, 6.07) is 92.7. The first-order chi connectivity index (χ1) is 31.7. The zero-order valence-electron chi connectivity index (χ0n) is 35.1. The number of para-hydroxylation sites is 3. The first-order valence-corrected chi connectivity index (χ1v) is 22.0. The smallest absolute Gasteiger partial charge is 0.0541 e. The molecule has 0 fully saturated rings. The Morgan fingerprint density at radius 3 is 1.30 bits per heavy atom. The second-order valence-electron chi connectivity index (χ2n) is 16.6. The summed E-state index contributed by atoms with van der Waals surface area (Å²) in [7, 11) is 0. The molecule has 0 radical (unpaired) electrons. The molecule has 0 N–H and O–H groups in total. The fraction of sp³-hybridized carbons (Fsp3) is 0. The molecule has 64 heavy (non-hydrogen) atoms. The Kier molecular flexibility index (Phi) is 9.20. The van der Waals surface area contributed by atoms with Gasteiger partial charge in [0, 0.05) is 33.4 Å². The van der Waals surface area contributed by atoms with E-state index in [0.717, 1.165) is 22.6 Å². The Morgan fingerprint density at radius 2 is 0.688 bits per heavy atom. The van der Waals surface area contributed by atoms with Crippen molar-refractivity contribution < 1.29 is 0 Å². The molecule has 0 amide bonds. The van der Waals surface area contributed by atoms with Crippen LogP contribution in [0.15, 0.2) is 255 Å². The van der Waals surface area contributed by atoms with Crippen molar-refractivity contribution in [3.63, 3.8) is 0 Å². The van der Waals surface area contributed by atoms with Gasteiger partial charge in [0.05, 0.1) is 16.7 Å². The summed E-state index contributed by atoms with van der Waals surface area (Å²) in [6.45, 7) is 0. The fourth-order valence-electron chi connectivity index (χ4n) is 9.58. The van der Waals surface area contributed by atoms with E-state index in [-0.39, 0.29) is 0 Å². The second kappa shape index (κ2) is 15.8. The molecule has 0 unspecified atom stereocenters. The molecule has 0 aliphatic rings. The zero-order chi connectivity index (χ0) is 42.4. The monoisotopic (exact) mass is 814 g/mol. The Labute approximate surface area is 373 Å². The van der Waals surface area contributed by atoms with Crippen molar-refractivity contribution in [3.8, 4) is 50.2 Å². The largest absolute Gasteiger partial charge is 0.310 e.